The predicted octanol–water partition coefficient (Wildman–Crippen LogP) is 2.92. The maximum absolute atomic E-state index is 12.3. The summed E-state index contributed by atoms with van der Waals surface area (Å²) in [4.78, 5) is 28.2. The molecule has 0 atom stereocenters. The molecule has 0 aliphatic heterocycles. The molecule has 2 rings (SSSR count). The Morgan fingerprint density at radius 3 is 2.52 bits per heavy atom. The molecular weight excluding hydrogens is 292 g/mol. The monoisotopic (exact) mass is 316 g/mol. The summed E-state index contributed by atoms with van der Waals surface area (Å²) in [7, 11) is 0. The summed E-state index contributed by atoms with van der Waals surface area (Å²) < 4.78 is 1.97. The molecular formula is C17H24N4O2. The number of anilines is 1. The number of imidazole rings is 1. The first kappa shape index (κ1) is 17.0. The van der Waals surface area contributed by atoms with Crippen molar-refractivity contribution in [2.24, 2.45) is 11.7 Å². The second kappa shape index (κ2) is 7.26. The zero-order chi connectivity index (χ0) is 17.0. The molecule has 6 nitrogen and oxygen atoms in total. The normalized spacial score (nSPS) is 11.1. The van der Waals surface area contributed by atoms with E-state index in [9.17, 15) is 9.59 Å². The van der Waals surface area contributed by atoms with Gasteiger partial charge in [0.05, 0.1) is 11.0 Å². The van der Waals surface area contributed by atoms with Gasteiger partial charge in [0.1, 0.15) is 0 Å². The molecule has 0 saturated carbocycles. The highest BCUT2D eigenvalue weighted by molar-refractivity contribution is 5.97. The quantitative estimate of drug-likeness (QED) is 0.823. The Morgan fingerprint density at radius 1 is 1.26 bits per heavy atom. The molecule has 0 aliphatic rings. The summed E-state index contributed by atoms with van der Waals surface area (Å²) in [5.74, 6) is 0.00350. The van der Waals surface area contributed by atoms with Crippen LogP contribution in [-0.4, -0.2) is 21.4 Å². The lowest BCUT2D eigenvalue weighted by Crippen LogP contribution is -2.23. The fourth-order valence-corrected chi connectivity index (χ4v) is 2.70. The van der Waals surface area contributed by atoms with E-state index < -0.39 is 5.91 Å². The Morgan fingerprint density at radius 2 is 1.96 bits per heavy atom. The van der Waals surface area contributed by atoms with E-state index in [1.54, 1.807) is 12.1 Å². The number of nitrogens with zero attached hydrogens (tertiary/aromatic N) is 2. The molecule has 6 heteroatoms. The van der Waals surface area contributed by atoms with Gasteiger partial charge in [-0.1, -0.05) is 20.8 Å². The predicted molar refractivity (Wildman–Crippen MR) is 91.2 cm³/mol. The topological polar surface area (TPSA) is 90.0 Å². The molecule has 2 aromatic rings. The summed E-state index contributed by atoms with van der Waals surface area (Å²) in [6, 6.07) is 5.17. The fourth-order valence-electron chi connectivity index (χ4n) is 2.70. The SMILES string of the molecule is CCCn1c(NC(=O)C(CC)CC)nc2cc(C(N)=O)ccc21. The lowest BCUT2D eigenvalue weighted by Gasteiger charge is -2.13. The molecule has 2 amide bonds. The third kappa shape index (κ3) is 3.52. The highest BCUT2D eigenvalue weighted by Crippen LogP contribution is 2.22. The Balaban J connectivity index is 2.43. The zero-order valence-corrected chi connectivity index (χ0v) is 13.9. The molecule has 0 saturated heterocycles. The second-order valence-electron chi connectivity index (χ2n) is 5.66. The van der Waals surface area contributed by atoms with E-state index in [0.717, 1.165) is 31.3 Å². The van der Waals surface area contributed by atoms with Crippen LogP contribution in [0.1, 0.15) is 50.4 Å². The van der Waals surface area contributed by atoms with Gasteiger partial charge in [0, 0.05) is 18.0 Å². The summed E-state index contributed by atoms with van der Waals surface area (Å²) in [6.45, 7) is 6.81. The van der Waals surface area contributed by atoms with Crippen molar-refractivity contribution in [3.63, 3.8) is 0 Å². The number of aryl methyl sites for hydroxylation is 1. The van der Waals surface area contributed by atoms with E-state index in [2.05, 4.69) is 17.2 Å². The fraction of sp³-hybridized carbons (Fsp3) is 0.471. The van der Waals surface area contributed by atoms with Crippen molar-refractivity contribution in [3.05, 3.63) is 23.8 Å². The Hall–Kier alpha value is -2.37. The molecule has 1 aromatic carbocycles. The maximum Gasteiger partial charge on any atom is 0.248 e. The Kier molecular flexibility index (Phi) is 5.36. The lowest BCUT2D eigenvalue weighted by molar-refractivity contribution is -0.120. The van der Waals surface area contributed by atoms with E-state index >= 15 is 0 Å². The van der Waals surface area contributed by atoms with Crippen molar-refractivity contribution in [2.45, 2.75) is 46.6 Å². The van der Waals surface area contributed by atoms with Crippen LogP contribution in [0.25, 0.3) is 11.0 Å². The number of hydrogen-bond acceptors (Lipinski definition) is 3. The number of aromatic nitrogens is 2. The minimum atomic E-state index is -0.487. The standard InChI is InChI=1S/C17H24N4O2/c1-4-9-21-14-8-7-12(15(18)22)10-13(14)19-17(21)20-16(23)11(5-2)6-3/h7-8,10-11H,4-6,9H2,1-3H3,(H2,18,22)(H,19,20,23). The highest BCUT2D eigenvalue weighted by atomic mass is 16.2. The van der Waals surface area contributed by atoms with Crippen molar-refractivity contribution in [3.8, 4) is 0 Å². The van der Waals surface area contributed by atoms with E-state index in [1.807, 2.05) is 24.5 Å². The third-order valence-corrected chi connectivity index (χ3v) is 4.07. The molecule has 124 valence electrons. The smallest absolute Gasteiger partial charge is 0.248 e. The molecule has 0 unspecified atom stereocenters. The third-order valence-electron chi connectivity index (χ3n) is 4.07. The first-order valence-corrected chi connectivity index (χ1v) is 8.12. The number of fused-ring (bicyclic) bond motifs is 1. The van der Waals surface area contributed by atoms with E-state index in [0.29, 0.717) is 17.0 Å². The first-order chi connectivity index (χ1) is 11.0. The van der Waals surface area contributed by atoms with Gasteiger partial charge in [-0.2, -0.15) is 0 Å². The second-order valence-corrected chi connectivity index (χ2v) is 5.66. The number of carbonyl (C=O) groups excluding carboxylic acids is 2. The molecule has 0 fully saturated rings. The Labute approximate surface area is 136 Å². The molecule has 0 spiro atoms. The van der Waals surface area contributed by atoms with Crippen LogP contribution in [0, 0.1) is 5.92 Å². The van der Waals surface area contributed by atoms with E-state index in [1.165, 1.54) is 0 Å². The minimum Gasteiger partial charge on any atom is -0.366 e. The van der Waals surface area contributed by atoms with Crippen molar-refractivity contribution in [1.82, 2.24) is 9.55 Å². The number of rotatable bonds is 7. The van der Waals surface area contributed by atoms with Crippen molar-refractivity contribution < 1.29 is 9.59 Å². The first-order valence-electron chi connectivity index (χ1n) is 8.12. The molecule has 0 bridgehead atoms. The van der Waals surface area contributed by atoms with Crippen LogP contribution < -0.4 is 11.1 Å². The molecule has 1 heterocycles. The van der Waals surface area contributed by atoms with Crippen LogP contribution in [0.4, 0.5) is 5.95 Å². The number of primary amides is 1. The van der Waals surface area contributed by atoms with Gasteiger partial charge < -0.3 is 10.3 Å². The van der Waals surface area contributed by atoms with Gasteiger partial charge in [-0.25, -0.2) is 4.98 Å². The van der Waals surface area contributed by atoms with Crippen LogP contribution in [0.5, 0.6) is 0 Å². The van der Waals surface area contributed by atoms with Crippen molar-refractivity contribution in [1.29, 1.82) is 0 Å². The molecule has 0 aliphatic carbocycles. The maximum atomic E-state index is 12.3. The number of hydrogen-bond donors (Lipinski definition) is 2. The zero-order valence-electron chi connectivity index (χ0n) is 13.9. The molecule has 3 N–H and O–H groups in total. The van der Waals surface area contributed by atoms with Gasteiger partial charge in [-0.05, 0) is 37.5 Å². The largest absolute Gasteiger partial charge is 0.366 e. The average molecular weight is 316 g/mol. The lowest BCUT2D eigenvalue weighted by atomic mass is 10.0. The summed E-state index contributed by atoms with van der Waals surface area (Å²) in [5, 5.41) is 2.93. The summed E-state index contributed by atoms with van der Waals surface area (Å²) in [6.07, 6.45) is 2.50. The molecule has 23 heavy (non-hydrogen) atoms. The summed E-state index contributed by atoms with van der Waals surface area (Å²) >= 11 is 0. The van der Waals surface area contributed by atoms with Gasteiger partial charge in [0.2, 0.25) is 17.8 Å². The van der Waals surface area contributed by atoms with Gasteiger partial charge in [-0.15, -0.1) is 0 Å². The van der Waals surface area contributed by atoms with E-state index in [4.69, 9.17) is 5.73 Å². The Bertz CT molecular complexity index is 717. The number of nitrogens with one attached hydrogen (secondary N) is 1. The van der Waals surface area contributed by atoms with Gasteiger partial charge in [-0.3, -0.25) is 14.9 Å². The van der Waals surface area contributed by atoms with E-state index in [-0.39, 0.29) is 11.8 Å². The van der Waals surface area contributed by atoms with Crippen LogP contribution in [0.3, 0.4) is 0 Å². The van der Waals surface area contributed by atoms with Crippen LogP contribution >= 0.6 is 0 Å². The van der Waals surface area contributed by atoms with Gasteiger partial charge >= 0.3 is 0 Å². The van der Waals surface area contributed by atoms with Crippen LogP contribution in [0.15, 0.2) is 18.2 Å². The minimum absolute atomic E-state index is 0.0159. The number of nitrogens with two attached hydrogens (primary N) is 1. The van der Waals surface area contributed by atoms with Crippen LogP contribution in [0.2, 0.25) is 0 Å². The molecule has 0 radical (unpaired) electrons. The van der Waals surface area contributed by atoms with Crippen molar-refractivity contribution >= 4 is 28.8 Å². The number of carbonyl (C=O) groups is 2. The average Bonchev–Trinajstić information content (AvgIpc) is 2.85. The van der Waals surface area contributed by atoms with Gasteiger partial charge in [0.25, 0.3) is 0 Å². The van der Waals surface area contributed by atoms with Crippen LogP contribution in [-0.2, 0) is 11.3 Å². The number of benzene rings is 1. The highest BCUT2D eigenvalue weighted by Gasteiger charge is 2.18. The summed E-state index contributed by atoms with van der Waals surface area (Å²) in [5.41, 5.74) is 7.28. The molecule has 1 aromatic heterocycles. The van der Waals surface area contributed by atoms with Gasteiger partial charge in [0.15, 0.2) is 0 Å². The number of amides is 2. The van der Waals surface area contributed by atoms with Crippen molar-refractivity contribution in [2.75, 3.05) is 5.32 Å².